The van der Waals surface area contributed by atoms with Gasteiger partial charge in [-0.05, 0) is 43.3 Å². The summed E-state index contributed by atoms with van der Waals surface area (Å²) >= 11 is 1.86. The average molecular weight is 385 g/mol. The number of rotatable bonds is 5. The van der Waals surface area contributed by atoms with Gasteiger partial charge in [-0.15, -0.1) is 11.3 Å². The number of likely N-dealkylation sites (tertiary alicyclic amines) is 1. The number of nitrogens with zero attached hydrogens (tertiary/aromatic N) is 4. The van der Waals surface area contributed by atoms with Gasteiger partial charge in [0.1, 0.15) is 0 Å². The molecule has 6 heteroatoms. The van der Waals surface area contributed by atoms with E-state index in [1.165, 1.54) is 4.88 Å². The second-order valence-corrected chi connectivity index (χ2v) is 8.62. The Morgan fingerprint density at radius 3 is 2.74 bits per heavy atom. The normalized spacial score (nSPS) is 21.7. The summed E-state index contributed by atoms with van der Waals surface area (Å²) in [5.41, 5.74) is 1.66. The summed E-state index contributed by atoms with van der Waals surface area (Å²) in [5, 5.41) is 2.16. The van der Waals surface area contributed by atoms with Crippen LogP contribution in [0, 0.1) is 6.92 Å². The largest absolute Gasteiger partial charge is 0.337 e. The maximum Gasteiger partial charge on any atom is 0.255 e. The number of piperazine rings is 1. The van der Waals surface area contributed by atoms with E-state index in [-0.39, 0.29) is 5.91 Å². The molecule has 27 heavy (non-hydrogen) atoms. The summed E-state index contributed by atoms with van der Waals surface area (Å²) in [6.07, 6.45) is 3.95. The van der Waals surface area contributed by atoms with Crippen molar-refractivity contribution >= 4 is 17.2 Å². The highest BCUT2D eigenvalue weighted by atomic mass is 32.1. The van der Waals surface area contributed by atoms with Gasteiger partial charge in [0.2, 0.25) is 0 Å². The van der Waals surface area contributed by atoms with Crippen LogP contribution in [0.1, 0.15) is 27.3 Å². The fourth-order valence-electron chi connectivity index (χ4n) is 4.08. The average Bonchev–Trinajstić information content (AvgIpc) is 3.39. The summed E-state index contributed by atoms with van der Waals surface area (Å²) in [7, 11) is 0. The molecule has 0 N–H and O–H groups in total. The van der Waals surface area contributed by atoms with Crippen molar-refractivity contribution in [1.29, 1.82) is 0 Å². The number of carbonyl (C=O) groups excluding carboxylic acids is 1. The summed E-state index contributed by atoms with van der Waals surface area (Å²) in [6.45, 7) is 9.31. The van der Waals surface area contributed by atoms with E-state index in [9.17, 15) is 4.79 Å². The fraction of sp³-hybridized carbons (Fsp3) is 0.524. The predicted molar refractivity (Wildman–Crippen MR) is 109 cm³/mol. The lowest BCUT2D eigenvalue weighted by Crippen LogP contribution is -2.51. The molecule has 0 bridgehead atoms. The summed E-state index contributed by atoms with van der Waals surface area (Å²) in [4.78, 5) is 25.6. The molecule has 2 aliphatic heterocycles. The zero-order valence-corrected chi connectivity index (χ0v) is 16.8. The highest BCUT2D eigenvalue weighted by Crippen LogP contribution is 2.20. The van der Waals surface area contributed by atoms with Gasteiger partial charge < -0.3 is 9.80 Å². The van der Waals surface area contributed by atoms with E-state index in [0.717, 1.165) is 64.3 Å². The van der Waals surface area contributed by atoms with Gasteiger partial charge in [0, 0.05) is 68.6 Å². The van der Waals surface area contributed by atoms with E-state index in [2.05, 4.69) is 32.3 Å². The quantitative estimate of drug-likeness (QED) is 0.794. The molecule has 2 fully saturated rings. The van der Waals surface area contributed by atoms with Crippen LogP contribution in [0.15, 0.2) is 35.8 Å². The number of hydrogen-bond donors (Lipinski definition) is 0. The Morgan fingerprint density at radius 1 is 1.19 bits per heavy atom. The van der Waals surface area contributed by atoms with Crippen molar-refractivity contribution in [1.82, 2.24) is 19.7 Å². The van der Waals surface area contributed by atoms with Gasteiger partial charge in [0.15, 0.2) is 0 Å². The molecule has 0 saturated carbocycles. The molecule has 1 amide bonds. The number of aryl methyl sites for hydroxylation is 1. The standard InChI is InChI=1S/C21H28N4OS/c1-17-4-5-18(15-22-17)21(26)25-9-6-19(16-25)24-12-10-23(11-13-24)8-7-20-3-2-14-27-20/h2-5,14-15,19H,6-13,16H2,1H3. The minimum absolute atomic E-state index is 0.125. The molecule has 1 atom stereocenters. The molecule has 2 saturated heterocycles. The SMILES string of the molecule is Cc1ccc(C(=O)N2CCC(N3CCN(CCc4cccs4)CC3)C2)cn1. The monoisotopic (exact) mass is 384 g/mol. The topological polar surface area (TPSA) is 39.7 Å². The fourth-order valence-corrected chi connectivity index (χ4v) is 4.77. The van der Waals surface area contributed by atoms with Crippen molar-refractivity contribution < 1.29 is 4.79 Å². The van der Waals surface area contributed by atoms with Gasteiger partial charge in [0.25, 0.3) is 5.91 Å². The van der Waals surface area contributed by atoms with Crippen LogP contribution in [-0.2, 0) is 6.42 Å². The Bertz CT molecular complexity index is 738. The first-order valence-corrected chi connectivity index (χ1v) is 10.8. The number of carbonyl (C=O) groups is 1. The zero-order valence-electron chi connectivity index (χ0n) is 16.0. The minimum atomic E-state index is 0.125. The molecule has 2 aliphatic rings. The molecule has 2 aromatic heterocycles. The third-order valence-electron chi connectivity index (χ3n) is 5.79. The lowest BCUT2D eigenvalue weighted by Gasteiger charge is -2.38. The van der Waals surface area contributed by atoms with Gasteiger partial charge in [-0.2, -0.15) is 0 Å². The first-order chi connectivity index (χ1) is 13.2. The molecule has 1 unspecified atom stereocenters. The Kier molecular flexibility index (Phi) is 5.86. The lowest BCUT2D eigenvalue weighted by molar-refractivity contribution is 0.0742. The number of thiophene rings is 1. The highest BCUT2D eigenvalue weighted by molar-refractivity contribution is 7.09. The number of pyridine rings is 1. The van der Waals surface area contributed by atoms with Crippen molar-refractivity contribution in [2.24, 2.45) is 0 Å². The van der Waals surface area contributed by atoms with Crippen LogP contribution in [0.25, 0.3) is 0 Å². The van der Waals surface area contributed by atoms with Gasteiger partial charge in [-0.1, -0.05) is 6.07 Å². The Labute approximate surface area is 165 Å². The van der Waals surface area contributed by atoms with Crippen LogP contribution in [0.5, 0.6) is 0 Å². The molecule has 0 spiro atoms. The minimum Gasteiger partial charge on any atom is -0.337 e. The summed E-state index contributed by atoms with van der Waals surface area (Å²) in [5.74, 6) is 0.125. The second-order valence-electron chi connectivity index (χ2n) is 7.59. The highest BCUT2D eigenvalue weighted by Gasteiger charge is 2.32. The third-order valence-corrected chi connectivity index (χ3v) is 6.72. The van der Waals surface area contributed by atoms with Crippen molar-refractivity contribution in [2.45, 2.75) is 25.8 Å². The van der Waals surface area contributed by atoms with Crippen LogP contribution in [0.3, 0.4) is 0 Å². The molecule has 5 nitrogen and oxygen atoms in total. The molecule has 4 heterocycles. The number of hydrogen-bond acceptors (Lipinski definition) is 5. The molecule has 2 aromatic rings. The zero-order chi connectivity index (χ0) is 18.6. The van der Waals surface area contributed by atoms with Gasteiger partial charge in [-0.25, -0.2) is 0 Å². The first kappa shape index (κ1) is 18.6. The maximum absolute atomic E-state index is 12.7. The van der Waals surface area contributed by atoms with E-state index in [4.69, 9.17) is 0 Å². The van der Waals surface area contributed by atoms with E-state index in [0.29, 0.717) is 11.6 Å². The van der Waals surface area contributed by atoms with Crippen molar-refractivity contribution in [2.75, 3.05) is 45.8 Å². The van der Waals surface area contributed by atoms with Crippen molar-refractivity contribution in [3.63, 3.8) is 0 Å². The molecule has 4 rings (SSSR count). The van der Waals surface area contributed by atoms with Crippen molar-refractivity contribution in [3.05, 3.63) is 52.0 Å². The van der Waals surface area contributed by atoms with E-state index in [1.54, 1.807) is 6.20 Å². The molecular weight excluding hydrogens is 356 g/mol. The van der Waals surface area contributed by atoms with Crippen molar-refractivity contribution in [3.8, 4) is 0 Å². The molecule has 0 aromatic carbocycles. The maximum atomic E-state index is 12.7. The van der Waals surface area contributed by atoms with Crippen LogP contribution < -0.4 is 0 Å². The smallest absolute Gasteiger partial charge is 0.255 e. The summed E-state index contributed by atoms with van der Waals surface area (Å²) in [6, 6.07) is 8.68. The molecule has 0 aliphatic carbocycles. The second kappa shape index (κ2) is 8.50. The predicted octanol–water partition coefficient (Wildman–Crippen LogP) is 2.53. The van der Waals surface area contributed by atoms with E-state index < -0.39 is 0 Å². The first-order valence-electron chi connectivity index (χ1n) is 9.90. The van der Waals surface area contributed by atoms with E-state index >= 15 is 0 Å². The Balaban J connectivity index is 1.24. The van der Waals surface area contributed by atoms with Gasteiger partial charge in [-0.3, -0.25) is 14.7 Å². The van der Waals surface area contributed by atoms with Crippen LogP contribution >= 0.6 is 11.3 Å². The van der Waals surface area contributed by atoms with Gasteiger partial charge >= 0.3 is 0 Å². The van der Waals surface area contributed by atoms with E-state index in [1.807, 2.05) is 35.3 Å². The van der Waals surface area contributed by atoms with Gasteiger partial charge in [0.05, 0.1) is 5.56 Å². The number of amides is 1. The third kappa shape index (κ3) is 4.57. The Hall–Kier alpha value is -1.76. The lowest BCUT2D eigenvalue weighted by atomic mass is 10.2. The van der Waals surface area contributed by atoms with Crippen LogP contribution in [0.4, 0.5) is 0 Å². The van der Waals surface area contributed by atoms with Crippen LogP contribution in [0.2, 0.25) is 0 Å². The van der Waals surface area contributed by atoms with Crippen LogP contribution in [-0.4, -0.2) is 77.4 Å². The molecular formula is C21H28N4OS. The molecule has 144 valence electrons. The summed E-state index contributed by atoms with van der Waals surface area (Å²) < 4.78 is 0. The number of aromatic nitrogens is 1. The molecule has 0 radical (unpaired) electrons. The Morgan fingerprint density at radius 2 is 2.04 bits per heavy atom.